The van der Waals surface area contributed by atoms with E-state index < -0.39 is 5.97 Å². The maximum absolute atomic E-state index is 11.8. The van der Waals surface area contributed by atoms with E-state index in [4.69, 9.17) is 5.11 Å². The second-order valence-electron chi connectivity index (χ2n) is 4.66. The third-order valence-corrected chi connectivity index (χ3v) is 2.85. The predicted molar refractivity (Wildman–Crippen MR) is 66.0 cm³/mol. The minimum absolute atomic E-state index is 0.0688. The quantitative estimate of drug-likeness (QED) is 0.788. The number of carbonyl (C=O) groups is 2. The van der Waals surface area contributed by atoms with Gasteiger partial charge in [0.1, 0.15) is 5.69 Å². The highest BCUT2D eigenvalue weighted by molar-refractivity contribution is 5.93. The van der Waals surface area contributed by atoms with Crippen LogP contribution in [0.25, 0.3) is 6.08 Å². The molecule has 0 radical (unpaired) electrons. The molecule has 0 aromatic carbocycles. The average Bonchev–Trinajstić information content (AvgIpc) is 3.04. The number of hydrogen-bond donors (Lipinski definition) is 2. The van der Waals surface area contributed by atoms with Crippen LogP contribution in [0.15, 0.2) is 24.4 Å². The van der Waals surface area contributed by atoms with Crippen molar-refractivity contribution < 1.29 is 14.7 Å². The van der Waals surface area contributed by atoms with Crippen molar-refractivity contribution in [1.82, 2.24) is 10.3 Å². The van der Waals surface area contributed by atoms with Gasteiger partial charge in [-0.25, -0.2) is 4.79 Å². The van der Waals surface area contributed by atoms with E-state index in [2.05, 4.69) is 10.3 Å². The SMILES string of the molecule is CC1(NC(=O)c2ccc(/C=C/C(=O)O)cn2)CC1. The van der Waals surface area contributed by atoms with Crippen LogP contribution in [0.3, 0.4) is 0 Å². The number of aromatic nitrogens is 1. The van der Waals surface area contributed by atoms with Gasteiger partial charge in [0.2, 0.25) is 0 Å². The maximum atomic E-state index is 11.8. The molecule has 1 aliphatic rings. The Labute approximate surface area is 105 Å². The highest BCUT2D eigenvalue weighted by Gasteiger charge is 2.38. The van der Waals surface area contributed by atoms with Gasteiger partial charge in [0.25, 0.3) is 5.91 Å². The third kappa shape index (κ3) is 3.16. The van der Waals surface area contributed by atoms with Crippen LogP contribution in [-0.2, 0) is 4.79 Å². The number of amides is 1. The first-order valence-corrected chi connectivity index (χ1v) is 5.68. The van der Waals surface area contributed by atoms with Crippen molar-refractivity contribution in [3.8, 4) is 0 Å². The lowest BCUT2D eigenvalue weighted by Gasteiger charge is -2.10. The lowest BCUT2D eigenvalue weighted by atomic mass is 10.2. The van der Waals surface area contributed by atoms with E-state index >= 15 is 0 Å². The molecule has 0 unspecified atom stereocenters. The maximum Gasteiger partial charge on any atom is 0.328 e. The van der Waals surface area contributed by atoms with Crippen LogP contribution in [0.5, 0.6) is 0 Å². The molecule has 1 saturated carbocycles. The lowest BCUT2D eigenvalue weighted by Crippen LogP contribution is -2.34. The van der Waals surface area contributed by atoms with Gasteiger partial charge >= 0.3 is 5.97 Å². The van der Waals surface area contributed by atoms with E-state index in [1.807, 2.05) is 6.92 Å². The Morgan fingerprint density at radius 2 is 2.17 bits per heavy atom. The van der Waals surface area contributed by atoms with Crippen LogP contribution in [0.4, 0.5) is 0 Å². The van der Waals surface area contributed by atoms with E-state index in [0.717, 1.165) is 18.9 Å². The summed E-state index contributed by atoms with van der Waals surface area (Å²) in [4.78, 5) is 26.1. The molecule has 5 nitrogen and oxygen atoms in total. The summed E-state index contributed by atoms with van der Waals surface area (Å²) >= 11 is 0. The normalized spacial score (nSPS) is 16.5. The minimum atomic E-state index is -1.02. The van der Waals surface area contributed by atoms with Gasteiger partial charge in [0, 0.05) is 17.8 Å². The largest absolute Gasteiger partial charge is 0.478 e. The highest BCUT2D eigenvalue weighted by atomic mass is 16.4. The van der Waals surface area contributed by atoms with Gasteiger partial charge < -0.3 is 10.4 Å². The van der Waals surface area contributed by atoms with E-state index in [1.54, 1.807) is 12.1 Å². The molecule has 94 valence electrons. The number of rotatable bonds is 4. The van der Waals surface area contributed by atoms with Crippen LogP contribution in [0.1, 0.15) is 35.8 Å². The van der Waals surface area contributed by atoms with Crippen molar-refractivity contribution in [1.29, 1.82) is 0 Å². The fraction of sp³-hybridized carbons (Fsp3) is 0.308. The molecule has 1 amide bonds. The molecule has 18 heavy (non-hydrogen) atoms. The third-order valence-electron chi connectivity index (χ3n) is 2.85. The van der Waals surface area contributed by atoms with Crippen LogP contribution in [0.2, 0.25) is 0 Å². The summed E-state index contributed by atoms with van der Waals surface area (Å²) in [5.41, 5.74) is 0.919. The lowest BCUT2D eigenvalue weighted by molar-refractivity contribution is -0.131. The van der Waals surface area contributed by atoms with Crippen molar-refractivity contribution in [2.24, 2.45) is 0 Å². The Balaban J connectivity index is 2.02. The smallest absolute Gasteiger partial charge is 0.328 e. The van der Waals surface area contributed by atoms with Gasteiger partial charge in [0.15, 0.2) is 0 Å². The second kappa shape index (κ2) is 4.60. The topological polar surface area (TPSA) is 79.3 Å². The zero-order valence-electron chi connectivity index (χ0n) is 10.0. The predicted octanol–water partition coefficient (Wildman–Crippen LogP) is 1.46. The number of carboxylic acid groups (broad SMARTS) is 1. The Morgan fingerprint density at radius 3 is 2.67 bits per heavy atom. The second-order valence-corrected chi connectivity index (χ2v) is 4.66. The van der Waals surface area contributed by atoms with Gasteiger partial charge in [-0.2, -0.15) is 0 Å². The van der Waals surface area contributed by atoms with Gasteiger partial charge in [-0.15, -0.1) is 0 Å². The van der Waals surface area contributed by atoms with Gasteiger partial charge in [-0.05, 0) is 37.5 Å². The number of nitrogens with zero attached hydrogens (tertiary/aromatic N) is 1. The molecule has 5 heteroatoms. The van der Waals surface area contributed by atoms with Gasteiger partial charge in [0.05, 0.1) is 0 Å². The summed E-state index contributed by atoms with van der Waals surface area (Å²) in [6.45, 7) is 1.99. The molecular weight excluding hydrogens is 232 g/mol. The zero-order chi connectivity index (χ0) is 13.2. The van der Waals surface area contributed by atoms with Crippen LogP contribution in [-0.4, -0.2) is 27.5 Å². The first kappa shape index (κ1) is 12.3. The van der Waals surface area contributed by atoms with Crippen LogP contribution < -0.4 is 5.32 Å². The summed E-state index contributed by atoms with van der Waals surface area (Å²) in [6, 6.07) is 3.25. The number of carbonyl (C=O) groups excluding carboxylic acids is 1. The van der Waals surface area contributed by atoms with Crippen molar-refractivity contribution >= 4 is 18.0 Å². The van der Waals surface area contributed by atoms with E-state index in [9.17, 15) is 9.59 Å². The van der Waals surface area contributed by atoms with Crippen molar-refractivity contribution in [3.05, 3.63) is 35.7 Å². The fourth-order valence-corrected chi connectivity index (χ4v) is 1.46. The molecule has 0 saturated heterocycles. The summed E-state index contributed by atoms with van der Waals surface area (Å²) in [7, 11) is 0. The highest BCUT2D eigenvalue weighted by Crippen LogP contribution is 2.34. The van der Waals surface area contributed by atoms with E-state index in [1.165, 1.54) is 12.3 Å². The van der Waals surface area contributed by atoms with Crippen LogP contribution >= 0.6 is 0 Å². The molecule has 0 atom stereocenters. The van der Waals surface area contributed by atoms with E-state index in [0.29, 0.717) is 11.3 Å². The Hall–Kier alpha value is -2.17. The first-order chi connectivity index (χ1) is 8.48. The Bertz CT molecular complexity index is 501. The number of aliphatic carboxylic acids is 1. The summed E-state index contributed by atoms with van der Waals surface area (Å²) in [5.74, 6) is -1.21. The molecule has 0 bridgehead atoms. The molecule has 0 spiro atoms. The van der Waals surface area contributed by atoms with Gasteiger partial charge in [-0.3, -0.25) is 9.78 Å². The van der Waals surface area contributed by atoms with E-state index in [-0.39, 0.29) is 11.4 Å². The van der Waals surface area contributed by atoms with Crippen molar-refractivity contribution in [2.75, 3.05) is 0 Å². The molecule has 2 rings (SSSR count). The average molecular weight is 246 g/mol. The minimum Gasteiger partial charge on any atom is -0.478 e. The Kier molecular flexibility index (Phi) is 3.14. The van der Waals surface area contributed by atoms with Crippen molar-refractivity contribution in [2.45, 2.75) is 25.3 Å². The monoisotopic (exact) mass is 246 g/mol. The number of nitrogens with one attached hydrogen (secondary N) is 1. The molecule has 1 aromatic heterocycles. The van der Waals surface area contributed by atoms with Gasteiger partial charge in [-0.1, -0.05) is 6.07 Å². The summed E-state index contributed by atoms with van der Waals surface area (Å²) < 4.78 is 0. The molecule has 0 aliphatic heterocycles. The Morgan fingerprint density at radius 1 is 1.44 bits per heavy atom. The molecule has 2 N–H and O–H groups in total. The number of carboxylic acids is 1. The molecule has 1 fully saturated rings. The zero-order valence-corrected chi connectivity index (χ0v) is 10.0. The molecular formula is C13H14N2O3. The number of pyridine rings is 1. The summed E-state index contributed by atoms with van der Waals surface area (Å²) in [5, 5.41) is 11.4. The molecule has 1 aliphatic carbocycles. The first-order valence-electron chi connectivity index (χ1n) is 5.68. The molecule has 1 aromatic rings. The fourth-order valence-electron chi connectivity index (χ4n) is 1.46. The van der Waals surface area contributed by atoms with Crippen molar-refractivity contribution in [3.63, 3.8) is 0 Å². The van der Waals surface area contributed by atoms with Crippen LogP contribution in [0, 0.1) is 0 Å². The summed E-state index contributed by atoms with van der Waals surface area (Å²) in [6.07, 6.45) is 5.93. The molecule has 1 heterocycles. The number of hydrogen-bond acceptors (Lipinski definition) is 3. The standard InChI is InChI=1S/C13H14N2O3/c1-13(6-7-13)15-12(18)10-4-2-9(8-14-10)3-5-11(16)17/h2-5,8H,6-7H2,1H3,(H,15,18)(H,16,17)/b5-3+.